The maximum atomic E-state index is 12.7. The number of esters is 1. The highest BCUT2D eigenvalue weighted by atomic mass is 16.5. The van der Waals surface area contributed by atoms with Crippen LogP contribution in [0.4, 0.5) is 5.69 Å². The van der Waals surface area contributed by atoms with Gasteiger partial charge >= 0.3 is 5.97 Å². The molecule has 3 aromatic rings. The Morgan fingerprint density at radius 3 is 2.63 bits per heavy atom. The predicted molar refractivity (Wildman–Crippen MR) is 111 cm³/mol. The summed E-state index contributed by atoms with van der Waals surface area (Å²) < 4.78 is 10.6. The monoisotopic (exact) mass is 403 g/mol. The summed E-state index contributed by atoms with van der Waals surface area (Å²) in [5.74, 6) is -0.286. The van der Waals surface area contributed by atoms with E-state index in [1.807, 2.05) is 6.07 Å². The Morgan fingerprint density at radius 2 is 1.90 bits per heavy atom. The van der Waals surface area contributed by atoms with Crippen molar-refractivity contribution in [1.82, 2.24) is 4.98 Å². The van der Waals surface area contributed by atoms with Crippen LogP contribution >= 0.6 is 0 Å². The molecular formula is C23H21N3O4. The fourth-order valence-corrected chi connectivity index (χ4v) is 3.14. The van der Waals surface area contributed by atoms with E-state index < -0.39 is 5.97 Å². The van der Waals surface area contributed by atoms with Gasteiger partial charge in [0, 0.05) is 17.4 Å². The van der Waals surface area contributed by atoms with E-state index in [0.29, 0.717) is 46.1 Å². The molecule has 152 valence electrons. The molecule has 2 N–H and O–H groups in total. The topological polar surface area (TPSA) is 104 Å². The maximum absolute atomic E-state index is 12.7. The Balaban J connectivity index is 1.71. The molecule has 2 aromatic carbocycles. The highest BCUT2D eigenvalue weighted by molar-refractivity contribution is 6.06. The van der Waals surface area contributed by atoms with Crippen molar-refractivity contribution >= 4 is 17.6 Å². The molecule has 0 aliphatic heterocycles. The van der Waals surface area contributed by atoms with E-state index in [9.17, 15) is 9.59 Å². The number of anilines is 1. The number of benzene rings is 2. The van der Waals surface area contributed by atoms with Gasteiger partial charge in [-0.3, -0.25) is 4.79 Å². The van der Waals surface area contributed by atoms with Gasteiger partial charge in [-0.05, 0) is 49.2 Å². The molecule has 7 heteroatoms. The Hall–Kier alpha value is -4.05. The lowest BCUT2D eigenvalue weighted by Gasteiger charge is -2.10. The molecule has 0 unspecified atom stereocenters. The molecule has 1 heterocycles. The van der Waals surface area contributed by atoms with Crippen LogP contribution in [0.2, 0.25) is 0 Å². The number of amides is 1. The van der Waals surface area contributed by atoms with Gasteiger partial charge in [0.1, 0.15) is 18.1 Å². The van der Waals surface area contributed by atoms with Crippen molar-refractivity contribution in [3.05, 3.63) is 82.2 Å². The number of aromatic nitrogens is 1. The second-order valence-electron chi connectivity index (χ2n) is 6.70. The third kappa shape index (κ3) is 4.50. The lowest BCUT2D eigenvalue weighted by molar-refractivity contribution is 0.0599. The number of nitrogens with one attached hydrogen (secondary N) is 2. The summed E-state index contributed by atoms with van der Waals surface area (Å²) in [6.07, 6.45) is 0. The smallest absolute Gasteiger partial charge is 0.339 e. The number of nitrogens with zero attached hydrogens (tertiary/aromatic N) is 1. The lowest BCUT2D eigenvalue weighted by atomic mass is 10.1. The number of rotatable bonds is 6. The van der Waals surface area contributed by atoms with Gasteiger partial charge in [-0.1, -0.05) is 18.2 Å². The van der Waals surface area contributed by atoms with E-state index in [-0.39, 0.29) is 5.91 Å². The fourth-order valence-electron chi connectivity index (χ4n) is 3.14. The number of H-pyrrole nitrogens is 1. The zero-order valence-corrected chi connectivity index (χ0v) is 16.9. The molecule has 0 radical (unpaired) electrons. The number of hydrogen-bond acceptors (Lipinski definition) is 5. The van der Waals surface area contributed by atoms with Crippen LogP contribution in [0, 0.1) is 25.2 Å². The normalized spacial score (nSPS) is 10.2. The van der Waals surface area contributed by atoms with Crippen molar-refractivity contribution in [2.24, 2.45) is 0 Å². The number of aromatic amines is 1. The van der Waals surface area contributed by atoms with Gasteiger partial charge in [0.2, 0.25) is 0 Å². The van der Waals surface area contributed by atoms with Crippen LogP contribution in [-0.4, -0.2) is 24.0 Å². The number of nitriles is 1. The van der Waals surface area contributed by atoms with Crippen molar-refractivity contribution in [3.63, 3.8) is 0 Å². The van der Waals surface area contributed by atoms with Crippen LogP contribution in [0.25, 0.3) is 0 Å². The summed E-state index contributed by atoms with van der Waals surface area (Å²) >= 11 is 0. The quantitative estimate of drug-likeness (QED) is 0.603. The Morgan fingerprint density at radius 1 is 1.13 bits per heavy atom. The van der Waals surface area contributed by atoms with E-state index in [1.165, 1.54) is 7.11 Å². The zero-order chi connectivity index (χ0) is 21.7. The van der Waals surface area contributed by atoms with E-state index in [1.54, 1.807) is 56.3 Å². The molecule has 7 nitrogen and oxygen atoms in total. The number of methoxy groups -OCH3 is 1. The molecule has 1 amide bonds. The van der Waals surface area contributed by atoms with Crippen LogP contribution < -0.4 is 10.1 Å². The minimum Gasteiger partial charge on any atom is -0.489 e. The number of ether oxygens (including phenoxy) is 2. The predicted octanol–water partition coefficient (Wildman–Crippen LogP) is 4.12. The Kier molecular flexibility index (Phi) is 6.18. The van der Waals surface area contributed by atoms with Crippen LogP contribution in [0.1, 0.15) is 43.2 Å². The first-order valence-electron chi connectivity index (χ1n) is 9.23. The standard InChI is InChI=1S/C23H21N3O4/c1-14-20(23(28)29-3)15(2)25-21(14)22(27)26-18-8-5-9-19(11-18)30-13-17-7-4-6-16(10-17)12-24/h4-11,25H,13H2,1-3H3,(H,26,27). The number of carbonyl (C=O) groups is 2. The first kappa shape index (κ1) is 20.7. The van der Waals surface area contributed by atoms with Crippen molar-refractivity contribution in [2.45, 2.75) is 20.5 Å². The summed E-state index contributed by atoms with van der Waals surface area (Å²) in [5, 5.41) is 11.8. The summed E-state index contributed by atoms with van der Waals surface area (Å²) in [6.45, 7) is 3.70. The summed E-state index contributed by atoms with van der Waals surface area (Å²) in [7, 11) is 1.30. The van der Waals surface area contributed by atoms with Crippen molar-refractivity contribution in [2.75, 3.05) is 12.4 Å². The molecule has 0 aliphatic carbocycles. The molecule has 1 aromatic heterocycles. The highest BCUT2D eigenvalue weighted by Gasteiger charge is 2.22. The average Bonchev–Trinajstić information content (AvgIpc) is 3.06. The Labute approximate surface area is 174 Å². The number of carbonyl (C=O) groups excluding carboxylic acids is 2. The van der Waals surface area contributed by atoms with Crippen molar-refractivity contribution in [1.29, 1.82) is 5.26 Å². The van der Waals surface area contributed by atoms with Gasteiger partial charge in [-0.25, -0.2) is 4.79 Å². The summed E-state index contributed by atoms with van der Waals surface area (Å²) in [5.41, 5.74) is 3.75. The number of hydrogen-bond donors (Lipinski definition) is 2. The third-order valence-electron chi connectivity index (χ3n) is 4.61. The molecule has 0 bridgehead atoms. The molecule has 0 aliphatic rings. The van der Waals surface area contributed by atoms with Gasteiger partial charge in [-0.15, -0.1) is 0 Å². The largest absolute Gasteiger partial charge is 0.489 e. The second kappa shape index (κ2) is 8.97. The van der Waals surface area contributed by atoms with Crippen molar-refractivity contribution < 1.29 is 19.1 Å². The minimum absolute atomic E-state index is 0.296. The molecule has 0 saturated carbocycles. The molecule has 30 heavy (non-hydrogen) atoms. The van der Waals surface area contributed by atoms with Gasteiger partial charge < -0.3 is 19.8 Å². The van der Waals surface area contributed by atoms with Gasteiger partial charge in [0.05, 0.1) is 24.3 Å². The molecule has 0 atom stereocenters. The van der Waals surface area contributed by atoms with Crippen LogP contribution in [-0.2, 0) is 11.3 Å². The first-order valence-corrected chi connectivity index (χ1v) is 9.23. The average molecular weight is 403 g/mol. The van der Waals surface area contributed by atoms with E-state index >= 15 is 0 Å². The van der Waals surface area contributed by atoms with Crippen LogP contribution in [0.3, 0.4) is 0 Å². The molecule has 0 fully saturated rings. The highest BCUT2D eigenvalue weighted by Crippen LogP contribution is 2.22. The van der Waals surface area contributed by atoms with E-state index in [0.717, 1.165) is 5.56 Å². The van der Waals surface area contributed by atoms with E-state index in [4.69, 9.17) is 14.7 Å². The summed E-state index contributed by atoms with van der Waals surface area (Å²) in [6, 6.07) is 16.3. The Bertz CT molecular complexity index is 1140. The third-order valence-corrected chi connectivity index (χ3v) is 4.61. The SMILES string of the molecule is COC(=O)c1c(C)[nH]c(C(=O)Nc2cccc(OCc3cccc(C#N)c3)c2)c1C. The second-order valence-corrected chi connectivity index (χ2v) is 6.70. The van der Waals surface area contributed by atoms with Gasteiger partial charge in [0.25, 0.3) is 5.91 Å². The molecule has 3 rings (SSSR count). The minimum atomic E-state index is -0.490. The van der Waals surface area contributed by atoms with Gasteiger partial charge in [-0.2, -0.15) is 5.26 Å². The summed E-state index contributed by atoms with van der Waals surface area (Å²) in [4.78, 5) is 27.6. The zero-order valence-electron chi connectivity index (χ0n) is 16.9. The maximum Gasteiger partial charge on any atom is 0.339 e. The number of aryl methyl sites for hydroxylation is 1. The van der Waals surface area contributed by atoms with Crippen LogP contribution in [0.15, 0.2) is 48.5 Å². The van der Waals surface area contributed by atoms with Crippen molar-refractivity contribution in [3.8, 4) is 11.8 Å². The molecule has 0 spiro atoms. The molecule has 0 saturated heterocycles. The van der Waals surface area contributed by atoms with Gasteiger partial charge in [0.15, 0.2) is 0 Å². The molecular weight excluding hydrogens is 382 g/mol. The van der Waals surface area contributed by atoms with Crippen LogP contribution in [0.5, 0.6) is 5.75 Å². The lowest BCUT2D eigenvalue weighted by Crippen LogP contribution is -2.14. The fraction of sp³-hybridized carbons (Fsp3) is 0.174. The first-order chi connectivity index (χ1) is 14.4. The van der Waals surface area contributed by atoms with E-state index in [2.05, 4.69) is 16.4 Å².